The summed E-state index contributed by atoms with van der Waals surface area (Å²) in [5.41, 5.74) is 1.01. The highest BCUT2D eigenvalue weighted by Gasteiger charge is 2.26. The summed E-state index contributed by atoms with van der Waals surface area (Å²) < 4.78 is 0. The molecule has 0 unspecified atom stereocenters. The van der Waals surface area contributed by atoms with Gasteiger partial charge in [0.15, 0.2) is 0 Å². The molecule has 0 aliphatic carbocycles. The Bertz CT molecular complexity index is 722. The molecule has 0 aliphatic rings. The van der Waals surface area contributed by atoms with E-state index in [0.29, 0.717) is 12.3 Å². The molecule has 27 heavy (non-hydrogen) atoms. The van der Waals surface area contributed by atoms with Crippen LogP contribution in [0.15, 0.2) is 65.6 Å². The molecular formula is C22H28N2O2S. The Kier molecular flexibility index (Phi) is 8.40. The molecular weight excluding hydrogens is 356 g/mol. The highest BCUT2D eigenvalue weighted by molar-refractivity contribution is 8.00. The average Bonchev–Trinajstić information content (AvgIpc) is 2.71. The monoisotopic (exact) mass is 384 g/mol. The summed E-state index contributed by atoms with van der Waals surface area (Å²) in [7, 11) is 0. The lowest BCUT2D eigenvalue weighted by Crippen LogP contribution is -2.50. The lowest BCUT2D eigenvalue weighted by molar-refractivity contribution is -0.138. The van der Waals surface area contributed by atoms with E-state index in [1.807, 2.05) is 74.5 Å². The van der Waals surface area contributed by atoms with Crippen LogP contribution in [-0.4, -0.2) is 34.6 Å². The van der Waals surface area contributed by atoms with Gasteiger partial charge in [-0.1, -0.05) is 55.5 Å². The Balaban J connectivity index is 2.10. The summed E-state index contributed by atoms with van der Waals surface area (Å²) in [5.74, 6) is 0.149. The molecule has 0 saturated carbocycles. The summed E-state index contributed by atoms with van der Waals surface area (Å²) in [4.78, 5) is 28.3. The molecule has 0 fully saturated rings. The van der Waals surface area contributed by atoms with Crippen molar-refractivity contribution in [1.29, 1.82) is 0 Å². The van der Waals surface area contributed by atoms with Crippen molar-refractivity contribution in [2.75, 3.05) is 5.75 Å². The normalized spacial score (nSPS) is 12.9. The molecule has 2 amide bonds. The van der Waals surface area contributed by atoms with Gasteiger partial charge < -0.3 is 10.2 Å². The molecule has 0 heterocycles. The molecule has 2 rings (SSSR count). The summed E-state index contributed by atoms with van der Waals surface area (Å²) in [6.45, 7) is 6.22. The standard InChI is InChI=1S/C22H28N2O2S/c1-4-17(2)23-22(26)18(3)24(15-19-11-7-5-8-12-19)21(25)16-27-20-13-9-6-10-14-20/h5-14,17-18H,4,15-16H2,1-3H3,(H,23,26)/t17-,18+/m0/s1. The van der Waals surface area contributed by atoms with E-state index in [9.17, 15) is 9.59 Å². The molecule has 2 aromatic rings. The van der Waals surface area contributed by atoms with Crippen molar-refractivity contribution in [1.82, 2.24) is 10.2 Å². The lowest BCUT2D eigenvalue weighted by Gasteiger charge is -2.29. The van der Waals surface area contributed by atoms with E-state index in [-0.39, 0.29) is 17.9 Å². The van der Waals surface area contributed by atoms with Crippen molar-refractivity contribution < 1.29 is 9.59 Å². The molecule has 4 nitrogen and oxygen atoms in total. The summed E-state index contributed by atoms with van der Waals surface area (Å²) in [5, 5.41) is 2.98. The van der Waals surface area contributed by atoms with Crippen LogP contribution in [0.4, 0.5) is 0 Å². The van der Waals surface area contributed by atoms with Crippen LogP contribution in [0.25, 0.3) is 0 Å². The third-order valence-electron chi connectivity index (χ3n) is 4.47. The third-order valence-corrected chi connectivity index (χ3v) is 5.47. The first-order chi connectivity index (χ1) is 13.0. The minimum atomic E-state index is -0.525. The van der Waals surface area contributed by atoms with Crippen LogP contribution < -0.4 is 5.32 Å². The molecule has 0 aromatic heterocycles. The van der Waals surface area contributed by atoms with Crippen LogP contribution in [0.3, 0.4) is 0 Å². The quantitative estimate of drug-likeness (QED) is 0.662. The maximum Gasteiger partial charge on any atom is 0.242 e. The summed E-state index contributed by atoms with van der Waals surface area (Å²) in [6, 6.07) is 19.2. The lowest BCUT2D eigenvalue weighted by atomic mass is 10.1. The second kappa shape index (κ2) is 10.8. The zero-order valence-corrected chi connectivity index (χ0v) is 17.0. The number of nitrogens with one attached hydrogen (secondary N) is 1. The molecule has 0 radical (unpaired) electrons. The highest BCUT2D eigenvalue weighted by Crippen LogP contribution is 2.19. The number of hydrogen-bond acceptors (Lipinski definition) is 3. The minimum absolute atomic E-state index is 0.0421. The Morgan fingerprint density at radius 1 is 1.00 bits per heavy atom. The number of amides is 2. The first kappa shape index (κ1) is 21.0. The van der Waals surface area contributed by atoms with E-state index in [4.69, 9.17) is 0 Å². The van der Waals surface area contributed by atoms with Gasteiger partial charge in [-0.05, 0) is 38.0 Å². The fraction of sp³-hybridized carbons (Fsp3) is 0.364. The number of thioether (sulfide) groups is 1. The van der Waals surface area contributed by atoms with E-state index in [0.717, 1.165) is 16.9 Å². The van der Waals surface area contributed by atoms with Crippen LogP contribution >= 0.6 is 11.8 Å². The van der Waals surface area contributed by atoms with Crippen LogP contribution in [0, 0.1) is 0 Å². The molecule has 0 saturated heterocycles. The maximum atomic E-state index is 12.9. The SMILES string of the molecule is CC[C@H](C)NC(=O)[C@@H](C)N(Cc1ccccc1)C(=O)CSc1ccccc1. The fourth-order valence-electron chi connectivity index (χ4n) is 2.57. The average molecular weight is 385 g/mol. The molecule has 0 spiro atoms. The van der Waals surface area contributed by atoms with Gasteiger partial charge in [-0.2, -0.15) is 0 Å². The van der Waals surface area contributed by atoms with Crippen molar-refractivity contribution in [3.05, 3.63) is 66.2 Å². The van der Waals surface area contributed by atoms with E-state index in [1.165, 1.54) is 11.8 Å². The molecule has 0 bridgehead atoms. The Morgan fingerprint density at radius 2 is 1.59 bits per heavy atom. The Hall–Kier alpha value is -2.27. The maximum absolute atomic E-state index is 12.9. The zero-order valence-electron chi connectivity index (χ0n) is 16.2. The van der Waals surface area contributed by atoms with Gasteiger partial charge in [0.2, 0.25) is 11.8 Å². The van der Waals surface area contributed by atoms with Crippen LogP contribution in [0.1, 0.15) is 32.8 Å². The molecule has 2 aromatic carbocycles. The van der Waals surface area contributed by atoms with Gasteiger partial charge in [0.1, 0.15) is 6.04 Å². The first-order valence-corrected chi connectivity index (χ1v) is 10.3. The van der Waals surface area contributed by atoms with Gasteiger partial charge >= 0.3 is 0 Å². The minimum Gasteiger partial charge on any atom is -0.352 e. The molecule has 1 N–H and O–H groups in total. The predicted molar refractivity (Wildman–Crippen MR) is 112 cm³/mol. The first-order valence-electron chi connectivity index (χ1n) is 9.32. The van der Waals surface area contributed by atoms with Gasteiger partial charge in [0.05, 0.1) is 5.75 Å². The smallest absolute Gasteiger partial charge is 0.242 e. The third kappa shape index (κ3) is 6.75. The van der Waals surface area contributed by atoms with Crippen LogP contribution in [0.2, 0.25) is 0 Å². The van der Waals surface area contributed by atoms with Gasteiger partial charge in [-0.3, -0.25) is 9.59 Å². The second-order valence-corrected chi connectivity index (χ2v) is 7.65. The number of carbonyl (C=O) groups excluding carboxylic acids is 2. The largest absolute Gasteiger partial charge is 0.352 e. The van der Waals surface area contributed by atoms with E-state index < -0.39 is 6.04 Å². The summed E-state index contributed by atoms with van der Waals surface area (Å²) >= 11 is 1.49. The predicted octanol–water partition coefficient (Wildman–Crippen LogP) is 4.11. The molecule has 144 valence electrons. The van der Waals surface area contributed by atoms with Crippen LogP contribution in [-0.2, 0) is 16.1 Å². The van der Waals surface area contributed by atoms with Gasteiger partial charge in [0.25, 0.3) is 0 Å². The number of carbonyl (C=O) groups is 2. The summed E-state index contributed by atoms with van der Waals surface area (Å²) in [6.07, 6.45) is 0.856. The van der Waals surface area contributed by atoms with Crippen LogP contribution in [0.5, 0.6) is 0 Å². The van der Waals surface area contributed by atoms with E-state index in [1.54, 1.807) is 11.8 Å². The topological polar surface area (TPSA) is 49.4 Å². The van der Waals surface area contributed by atoms with Crippen molar-refractivity contribution >= 4 is 23.6 Å². The second-order valence-electron chi connectivity index (χ2n) is 6.60. The van der Waals surface area contributed by atoms with Gasteiger partial charge in [-0.15, -0.1) is 11.8 Å². The van der Waals surface area contributed by atoms with E-state index in [2.05, 4.69) is 5.32 Å². The molecule has 5 heteroatoms. The molecule has 0 aliphatic heterocycles. The number of rotatable bonds is 9. The van der Waals surface area contributed by atoms with Gasteiger partial charge in [-0.25, -0.2) is 0 Å². The van der Waals surface area contributed by atoms with Crippen molar-refractivity contribution in [2.45, 2.75) is 50.7 Å². The van der Waals surface area contributed by atoms with Gasteiger partial charge in [0, 0.05) is 17.5 Å². The number of nitrogens with zero attached hydrogens (tertiary/aromatic N) is 1. The molecule has 2 atom stereocenters. The van der Waals surface area contributed by atoms with Crippen molar-refractivity contribution in [3.63, 3.8) is 0 Å². The van der Waals surface area contributed by atoms with Crippen molar-refractivity contribution in [3.8, 4) is 0 Å². The number of hydrogen-bond donors (Lipinski definition) is 1. The van der Waals surface area contributed by atoms with Crippen molar-refractivity contribution in [2.24, 2.45) is 0 Å². The Morgan fingerprint density at radius 3 is 2.19 bits per heavy atom. The number of benzene rings is 2. The fourth-order valence-corrected chi connectivity index (χ4v) is 3.38. The Labute approximate surface area is 166 Å². The highest BCUT2D eigenvalue weighted by atomic mass is 32.2. The van der Waals surface area contributed by atoms with E-state index >= 15 is 0 Å². The zero-order chi connectivity index (χ0) is 19.6.